The van der Waals surface area contributed by atoms with Crippen molar-refractivity contribution in [3.63, 3.8) is 0 Å². The number of aryl methyl sites for hydroxylation is 1. The zero-order valence-corrected chi connectivity index (χ0v) is 17.4. The Morgan fingerprint density at radius 3 is 2.46 bits per heavy atom. The molecule has 0 N–H and O–H groups in total. The largest absolute Gasteiger partial charge is 0.134 e. The lowest BCUT2D eigenvalue weighted by molar-refractivity contribution is 0.828. The summed E-state index contributed by atoms with van der Waals surface area (Å²) in [6, 6.07) is 22.8. The highest BCUT2D eigenvalue weighted by Gasteiger charge is 2.19. The van der Waals surface area contributed by atoms with Crippen LogP contribution in [0.1, 0.15) is 35.1 Å². The van der Waals surface area contributed by atoms with E-state index < -0.39 is 0 Å². The molecular weight excluding hydrogens is 376 g/mol. The summed E-state index contributed by atoms with van der Waals surface area (Å²) in [5.41, 5.74) is 5.72. The SMILES string of the molecule is CCc1ccc2sc3c4cc5c(cc4sc3c2c1)C=CC(c1ccccc1)C5. The zero-order valence-electron chi connectivity index (χ0n) is 15.7. The van der Waals surface area contributed by atoms with Crippen LogP contribution in [0.4, 0.5) is 0 Å². The molecule has 0 saturated heterocycles. The van der Waals surface area contributed by atoms with Crippen molar-refractivity contribution in [1.82, 2.24) is 0 Å². The Balaban J connectivity index is 1.52. The van der Waals surface area contributed by atoms with Crippen LogP contribution < -0.4 is 0 Å². The van der Waals surface area contributed by atoms with Crippen LogP contribution in [-0.2, 0) is 12.8 Å². The predicted molar refractivity (Wildman–Crippen MR) is 126 cm³/mol. The molecule has 2 aromatic heterocycles. The smallest absolute Gasteiger partial charge is 0.0542 e. The molecule has 1 unspecified atom stereocenters. The summed E-state index contributed by atoms with van der Waals surface area (Å²) in [5, 5.41) is 2.89. The minimum absolute atomic E-state index is 0.481. The van der Waals surface area contributed by atoms with Crippen molar-refractivity contribution in [2.24, 2.45) is 0 Å². The molecule has 0 radical (unpaired) electrons. The van der Waals surface area contributed by atoms with Gasteiger partial charge in [-0.2, -0.15) is 0 Å². The van der Waals surface area contributed by atoms with Gasteiger partial charge in [-0.1, -0.05) is 55.5 Å². The molecule has 5 aromatic rings. The number of benzene rings is 3. The van der Waals surface area contributed by atoms with Crippen LogP contribution in [0.2, 0.25) is 0 Å². The summed E-state index contributed by atoms with van der Waals surface area (Å²) in [6.07, 6.45) is 6.89. The van der Waals surface area contributed by atoms with Gasteiger partial charge in [-0.15, -0.1) is 22.7 Å². The predicted octanol–water partition coefficient (Wildman–Crippen LogP) is 8.18. The van der Waals surface area contributed by atoms with E-state index in [0.717, 1.165) is 12.8 Å². The van der Waals surface area contributed by atoms with Crippen molar-refractivity contribution < 1.29 is 0 Å². The maximum absolute atomic E-state index is 2.47. The van der Waals surface area contributed by atoms with E-state index in [-0.39, 0.29) is 0 Å². The van der Waals surface area contributed by atoms with Gasteiger partial charge in [-0.05, 0) is 59.4 Å². The standard InChI is InChI=1S/C26H20S2/c1-2-16-8-11-23-21(12-16)25-26(27-23)22-14-20-13-18(17-6-4-3-5-7-17)9-10-19(20)15-24(22)28-25/h3-12,14-15,18H,2,13H2,1H3. The number of hydrogen-bond acceptors (Lipinski definition) is 2. The van der Waals surface area contributed by atoms with Gasteiger partial charge in [0.1, 0.15) is 0 Å². The number of rotatable bonds is 2. The monoisotopic (exact) mass is 396 g/mol. The van der Waals surface area contributed by atoms with Gasteiger partial charge in [-0.3, -0.25) is 0 Å². The first-order chi connectivity index (χ1) is 13.8. The van der Waals surface area contributed by atoms with Crippen LogP contribution in [-0.4, -0.2) is 0 Å². The van der Waals surface area contributed by atoms with E-state index in [1.165, 1.54) is 51.8 Å². The highest BCUT2D eigenvalue weighted by atomic mass is 32.1. The van der Waals surface area contributed by atoms with Gasteiger partial charge in [0.25, 0.3) is 0 Å². The van der Waals surface area contributed by atoms with Gasteiger partial charge in [0.15, 0.2) is 0 Å². The molecule has 1 atom stereocenters. The van der Waals surface area contributed by atoms with E-state index in [9.17, 15) is 0 Å². The summed E-state index contributed by atoms with van der Waals surface area (Å²) in [7, 11) is 0. The average Bonchev–Trinajstić information content (AvgIpc) is 3.27. The second kappa shape index (κ2) is 6.30. The second-order valence-corrected chi connectivity index (χ2v) is 9.78. The Hall–Kier alpha value is -2.42. The molecule has 1 aliphatic carbocycles. The fourth-order valence-electron chi connectivity index (χ4n) is 4.42. The molecule has 6 rings (SSSR count). The number of fused-ring (bicyclic) bond motifs is 6. The molecule has 136 valence electrons. The van der Waals surface area contributed by atoms with E-state index in [2.05, 4.69) is 79.7 Å². The normalized spacial score (nSPS) is 16.2. The van der Waals surface area contributed by atoms with E-state index in [4.69, 9.17) is 0 Å². The van der Waals surface area contributed by atoms with Crippen LogP contribution in [0.3, 0.4) is 0 Å². The average molecular weight is 397 g/mol. The maximum atomic E-state index is 2.47. The minimum Gasteiger partial charge on any atom is -0.134 e. The lowest BCUT2D eigenvalue weighted by Crippen LogP contribution is -2.05. The van der Waals surface area contributed by atoms with Crippen LogP contribution in [0.5, 0.6) is 0 Å². The quantitative estimate of drug-likeness (QED) is 0.282. The summed E-state index contributed by atoms with van der Waals surface area (Å²) in [5.74, 6) is 0.481. The number of hydrogen-bond donors (Lipinski definition) is 0. The number of allylic oxidation sites excluding steroid dienone is 1. The van der Waals surface area contributed by atoms with Crippen molar-refractivity contribution in [3.05, 3.63) is 89.0 Å². The molecular formula is C26H20S2. The van der Waals surface area contributed by atoms with Crippen LogP contribution in [0, 0.1) is 0 Å². The summed E-state index contributed by atoms with van der Waals surface area (Å²) in [6.45, 7) is 2.24. The molecule has 0 amide bonds. The van der Waals surface area contributed by atoms with Gasteiger partial charge >= 0.3 is 0 Å². The first-order valence-electron chi connectivity index (χ1n) is 9.94. The summed E-state index contributed by atoms with van der Waals surface area (Å²) < 4.78 is 5.78. The third kappa shape index (κ3) is 2.48. The molecule has 0 saturated carbocycles. The lowest BCUT2D eigenvalue weighted by atomic mass is 9.85. The Morgan fingerprint density at radius 1 is 0.857 bits per heavy atom. The van der Waals surface area contributed by atoms with Crippen LogP contribution in [0.25, 0.3) is 35.6 Å². The highest BCUT2D eigenvalue weighted by molar-refractivity contribution is 7.36. The van der Waals surface area contributed by atoms with E-state index >= 15 is 0 Å². The van der Waals surface area contributed by atoms with E-state index in [0.29, 0.717) is 5.92 Å². The Labute approximate surface area is 172 Å². The Morgan fingerprint density at radius 2 is 1.64 bits per heavy atom. The Kier molecular flexibility index (Phi) is 3.72. The molecule has 0 bridgehead atoms. The van der Waals surface area contributed by atoms with Crippen molar-refractivity contribution in [2.45, 2.75) is 25.7 Å². The van der Waals surface area contributed by atoms with Crippen LogP contribution >= 0.6 is 22.7 Å². The summed E-state index contributed by atoms with van der Waals surface area (Å²) >= 11 is 3.92. The molecule has 28 heavy (non-hydrogen) atoms. The zero-order chi connectivity index (χ0) is 18.7. The summed E-state index contributed by atoms with van der Waals surface area (Å²) in [4.78, 5) is 0. The topological polar surface area (TPSA) is 0 Å². The van der Waals surface area contributed by atoms with Crippen molar-refractivity contribution >= 4 is 58.3 Å². The lowest BCUT2D eigenvalue weighted by Gasteiger charge is -2.20. The highest BCUT2D eigenvalue weighted by Crippen LogP contribution is 2.46. The molecule has 0 nitrogen and oxygen atoms in total. The molecule has 1 aliphatic rings. The minimum atomic E-state index is 0.481. The van der Waals surface area contributed by atoms with Crippen LogP contribution in [0.15, 0.2) is 66.7 Å². The van der Waals surface area contributed by atoms with Gasteiger partial charge in [0.05, 0.1) is 9.40 Å². The van der Waals surface area contributed by atoms with Crippen molar-refractivity contribution in [2.75, 3.05) is 0 Å². The maximum Gasteiger partial charge on any atom is 0.0542 e. The number of thiophene rings is 2. The first kappa shape index (κ1) is 16.5. The second-order valence-electron chi connectivity index (χ2n) is 7.67. The third-order valence-electron chi connectivity index (χ3n) is 5.99. The van der Waals surface area contributed by atoms with Crippen molar-refractivity contribution in [3.8, 4) is 0 Å². The fourth-order valence-corrected chi connectivity index (χ4v) is 7.06. The van der Waals surface area contributed by atoms with Crippen molar-refractivity contribution in [1.29, 1.82) is 0 Å². The molecule has 3 aromatic carbocycles. The molecule has 2 heteroatoms. The molecule has 0 fully saturated rings. The van der Waals surface area contributed by atoms with Gasteiger partial charge in [0, 0.05) is 26.1 Å². The van der Waals surface area contributed by atoms with Gasteiger partial charge < -0.3 is 0 Å². The van der Waals surface area contributed by atoms with Gasteiger partial charge in [0.2, 0.25) is 0 Å². The molecule has 0 spiro atoms. The Bertz CT molecular complexity index is 1370. The van der Waals surface area contributed by atoms with E-state index in [1.54, 1.807) is 0 Å². The first-order valence-corrected chi connectivity index (χ1v) is 11.6. The molecule has 2 heterocycles. The molecule has 0 aliphatic heterocycles. The third-order valence-corrected chi connectivity index (χ3v) is 8.51. The van der Waals surface area contributed by atoms with E-state index in [1.807, 2.05) is 22.7 Å². The fraction of sp³-hybridized carbons (Fsp3) is 0.154. The van der Waals surface area contributed by atoms with Gasteiger partial charge in [-0.25, -0.2) is 0 Å².